The highest BCUT2D eigenvalue weighted by Crippen LogP contribution is 2.33. The highest BCUT2D eigenvalue weighted by Gasteiger charge is 2.11. The topological polar surface area (TPSA) is 12.0 Å². The normalized spacial score (nSPS) is 12.2. The fourth-order valence-electron chi connectivity index (χ4n) is 1.92. The monoisotopic (exact) mass is 357 g/mol. The fourth-order valence-corrected chi connectivity index (χ4v) is 2.60. The molecule has 1 unspecified atom stereocenters. The Hall–Kier alpha value is -0.700. The fraction of sp³-hybridized carbons (Fsp3) is 0.200. The van der Waals surface area contributed by atoms with Crippen LogP contribution in [0.2, 0.25) is 10.0 Å². The Kier molecular flexibility index (Phi) is 5.14. The second-order valence-corrected chi connectivity index (χ2v) is 5.89. The van der Waals surface area contributed by atoms with Crippen LogP contribution in [0.5, 0.6) is 0 Å². The summed E-state index contributed by atoms with van der Waals surface area (Å²) in [6.45, 7) is 2.14. The SMILES string of the molecule is CCC(Nc1cccc(Cl)c1Br)c1ccc(Cl)cc1. The van der Waals surface area contributed by atoms with Crippen molar-refractivity contribution in [2.24, 2.45) is 0 Å². The van der Waals surface area contributed by atoms with Crippen LogP contribution >= 0.6 is 39.1 Å². The standard InChI is InChI=1S/C15H14BrCl2N/c1-2-13(10-6-8-11(17)9-7-10)19-14-5-3-4-12(18)15(14)16/h3-9,13,19H,2H2,1H3. The van der Waals surface area contributed by atoms with Crippen LogP contribution in [0.15, 0.2) is 46.9 Å². The molecule has 0 spiro atoms. The summed E-state index contributed by atoms with van der Waals surface area (Å²) in [5.41, 5.74) is 2.20. The number of anilines is 1. The second kappa shape index (κ2) is 6.65. The summed E-state index contributed by atoms with van der Waals surface area (Å²) < 4.78 is 0.893. The molecule has 0 amide bonds. The lowest BCUT2D eigenvalue weighted by atomic mass is 10.0. The van der Waals surface area contributed by atoms with Crippen molar-refractivity contribution in [3.63, 3.8) is 0 Å². The molecule has 100 valence electrons. The average molecular weight is 359 g/mol. The van der Waals surface area contributed by atoms with Gasteiger partial charge in [-0.2, -0.15) is 0 Å². The molecule has 1 nitrogen and oxygen atoms in total. The summed E-state index contributed by atoms with van der Waals surface area (Å²) in [6, 6.07) is 13.9. The van der Waals surface area contributed by atoms with Crippen molar-refractivity contribution in [3.8, 4) is 0 Å². The maximum Gasteiger partial charge on any atom is 0.0593 e. The molecule has 1 N–H and O–H groups in total. The maximum atomic E-state index is 6.10. The molecule has 1 atom stereocenters. The molecule has 0 aliphatic carbocycles. The van der Waals surface area contributed by atoms with E-state index in [0.717, 1.165) is 21.6 Å². The van der Waals surface area contributed by atoms with Gasteiger partial charge in [-0.05, 0) is 52.2 Å². The van der Waals surface area contributed by atoms with E-state index in [1.54, 1.807) is 0 Å². The van der Waals surface area contributed by atoms with Crippen LogP contribution < -0.4 is 5.32 Å². The molecule has 0 aliphatic heterocycles. The molecule has 0 bridgehead atoms. The van der Waals surface area contributed by atoms with E-state index in [0.29, 0.717) is 5.02 Å². The number of halogens is 3. The molecule has 0 saturated carbocycles. The minimum atomic E-state index is 0.229. The Balaban J connectivity index is 2.24. The van der Waals surface area contributed by atoms with Crippen molar-refractivity contribution in [3.05, 3.63) is 62.5 Å². The van der Waals surface area contributed by atoms with Gasteiger partial charge in [0.05, 0.1) is 21.2 Å². The van der Waals surface area contributed by atoms with Crippen LogP contribution in [0, 0.1) is 0 Å². The highest BCUT2D eigenvalue weighted by atomic mass is 79.9. The van der Waals surface area contributed by atoms with Gasteiger partial charge in [-0.15, -0.1) is 0 Å². The molecule has 0 heterocycles. The van der Waals surface area contributed by atoms with Gasteiger partial charge < -0.3 is 5.32 Å². The number of benzene rings is 2. The van der Waals surface area contributed by atoms with Crippen LogP contribution in [0.4, 0.5) is 5.69 Å². The van der Waals surface area contributed by atoms with Gasteiger partial charge in [0.2, 0.25) is 0 Å². The van der Waals surface area contributed by atoms with Gasteiger partial charge >= 0.3 is 0 Å². The van der Waals surface area contributed by atoms with Crippen LogP contribution in [-0.4, -0.2) is 0 Å². The average Bonchev–Trinajstić information content (AvgIpc) is 2.42. The predicted octanol–water partition coefficient (Wildman–Crippen LogP) is 6.32. The van der Waals surface area contributed by atoms with E-state index >= 15 is 0 Å². The van der Waals surface area contributed by atoms with Crippen LogP contribution in [-0.2, 0) is 0 Å². The first kappa shape index (κ1) is 14.7. The van der Waals surface area contributed by atoms with Crippen molar-refractivity contribution in [1.29, 1.82) is 0 Å². The zero-order chi connectivity index (χ0) is 13.8. The summed E-state index contributed by atoms with van der Waals surface area (Å²) in [7, 11) is 0. The van der Waals surface area contributed by atoms with Crippen LogP contribution in [0.1, 0.15) is 24.9 Å². The number of hydrogen-bond acceptors (Lipinski definition) is 1. The predicted molar refractivity (Wildman–Crippen MR) is 87.3 cm³/mol. The van der Waals surface area contributed by atoms with Gasteiger partial charge in [-0.1, -0.05) is 48.3 Å². The van der Waals surface area contributed by atoms with Gasteiger partial charge in [-0.3, -0.25) is 0 Å². The molecule has 0 aliphatic rings. The third-order valence-electron chi connectivity index (χ3n) is 2.96. The first-order chi connectivity index (χ1) is 9.11. The first-order valence-corrected chi connectivity index (χ1v) is 7.62. The minimum absolute atomic E-state index is 0.229. The second-order valence-electron chi connectivity index (χ2n) is 4.26. The van der Waals surface area contributed by atoms with Crippen LogP contribution in [0.25, 0.3) is 0 Å². The Bertz CT molecular complexity index is 555. The number of hydrogen-bond donors (Lipinski definition) is 1. The van der Waals surface area contributed by atoms with E-state index in [4.69, 9.17) is 23.2 Å². The quantitative estimate of drug-likeness (QED) is 0.674. The highest BCUT2D eigenvalue weighted by molar-refractivity contribution is 9.10. The lowest BCUT2D eigenvalue weighted by Crippen LogP contribution is -2.10. The zero-order valence-corrected chi connectivity index (χ0v) is 13.6. The molecule has 19 heavy (non-hydrogen) atoms. The molecule has 0 aromatic heterocycles. The molecule has 4 heteroatoms. The van der Waals surface area contributed by atoms with Crippen molar-refractivity contribution in [1.82, 2.24) is 0 Å². The van der Waals surface area contributed by atoms with Gasteiger partial charge in [0, 0.05) is 5.02 Å². The first-order valence-electron chi connectivity index (χ1n) is 6.08. The van der Waals surface area contributed by atoms with Gasteiger partial charge in [0.25, 0.3) is 0 Å². The Labute approximate surface area is 132 Å². The number of nitrogens with one attached hydrogen (secondary N) is 1. The summed E-state index contributed by atoms with van der Waals surface area (Å²) in [4.78, 5) is 0. The molecular formula is C15H14BrCl2N. The lowest BCUT2D eigenvalue weighted by Gasteiger charge is -2.20. The van der Waals surface area contributed by atoms with Gasteiger partial charge in [0.15, 0.2) is 0 Å². The summed E-state index contributed by atoms with van der Waals surface area (Å²) in [5.74, 6) is 0. The molecular weight excluding hydrogens is 345 g/mol. The summed E-state index contributed by atoms with van der Waals surface area (Å²) in [6.07, 6.45) is 0.973. The van der Waals surface area contributed by atoms with Crippen molar-refractivity contribution in [2.45, 2.75) is 19.4 Å². The molecule has 0 saturated heterocycles. The van der Waals surface area contributed by atoms with Crippen molar-refractivity contribution < 1.29 is 0 Å². The molecule has 2 rings (SSSR count). The van der Waals surface area contributed by atoms with Crippen molar-refractivity contribution in [2.75, 3.05) is 5.32 Å². The van der Waals surface area contributed by atoms with E-state index in [1.165, 1.54) is 5.56 Å². The largest absolute Gasteiger partial charge is 0.377 e. The lowest BCUT2D eigenvalue weighted by molar-refractivity contribution is 0.749. The zero-order valence-electron chi connectivity index (χ0n) is 10.5. The minimum Gasteiger partial charge on any atom is -0.377 e. The maximum absolute atomic E-state index is 6.10. The third-order valence-corrected chi connectivity index (χ3v) is 4.61. The molecule has 2 aromatic rings. The van der Waals surface area contributed by atoms with Gasteiger partial charge in [-0.25, -0.2) is 0 Å². The van der Waals surface area contributed by atoms with Gasteiger partial charge in [0.1, 0.15) is 0 Å². The molecule has 0 radical (unpaired) electrons. The summed E-state index contributed by atoms with van der Waals surface area (Å²) >= 11 is 15.5. The summed E-state index contributed by atoms with van der Waals surface area (Å²) in [5, 5.41) is 4.96. The Morgan fingerprint density at radius 3 is 2.42 bits per heavy atom. The number of rotatable bonds is 4. The molecule has 0 fully saturated rings. The van der Waals surface area contributed by atoms with E-state index in [9.17, 15) is 0 Å². The van der Waals surface area contributed by atoms with E-state index in [1.807, 2.05) is 42.5 Å². The van der Waals surface area contributed by atoms with E-state index < -0.39 is 0 Å². The molecule has 2 aromatic carbocycles. The third kappa shape index (κ3) is 3.65. The Morgan fingerprint density at radius 1 is 1.11 bits per heavy atom. The van der Waals surface area contributed by atoms with Crippen LogP contribution in [0.3, 0.4) is 0 Å². The smallest absolute Gasteiger partial charge is 0.0593 e. The Morgan fingerprint density at radius 2 is 1.79 bits per heavy atom. The van der Waals surface area contributed by atoms with Crippen molar-refractivity contribution >= 4 is 44.8 Å². The van der Waals surface area contributed by atoms with E-state index in [2.05, 4.69) is 28.2 Å². The van der Waals surface area contributed by atoms with E-state index in [-0.39, 0.29) is 6.04 Å².